The third-order valence-corrected chi connectivity index (χ3v) is 0.965. The van der Waals surface area contributed by atoms with E-state index in [-0.39, 0.29) is 5.82 Å². The van der Waals surface area contributed by atoms with E-state index < -0.39 is 12.2 Å². The first-order valence-electron chi connectivity index (χ1n) is 5.37. The van der Waals surface area contributed by atoms with Crippen LogP contribution in [-0.2, 0) is 0 Å². The Morgan fingerprint density at radius 2 is 1.71 bits per heavy atom. The number of nitrogens with zero attached hydrogens (tertiary/aromatic N) is 1. The molecule has 0 amide bonds. The summed E-state index contributed by atoms with van der Waals surface area (Å²) in [6, 6.07) is 3.76. The molecule has 3 nitrogen and oxygen atoms in total. The van der Waals surface area contributed by atoms with Crippen molar-refractivity contribution in [3.05, 3.63) is 18.2 Å². The SMILES string of the molecule is CC.CCC.Nc1cccc(OC(F)(F)F)n1. The van der Waals surface area contributed by atoms with Gasteiger partial charge < -0.3 is 10.5 Å². The minimum absolute atomic E-state index is 0.0169. The molecule has 0 saturated heterocycles. The third kappa shape index (κ3) is 12.5. The van der Waals surface area contributed by atoms with E-state index in [1.165, 1.54) is 18.6 Å². The van der Waals surface area contributed by atoms with Crippen LogP contribution in [0.1, 0.15) is 34.1 Å². The molecule has 0 aromatic carbocycles. The number of alkyl halides is 3. The summed E-state index contributed by atoms with van der Waals surface area (Å²) in [5.41, 5.74) is 5.12. The Hall–Kier alpha value is -1.46. The Morgan fingerprint density at radius 1 is 1.24 bits per heavy atom. The first-order valence-corrected chi connectivity index (χ1v) is 5.37. The molecule has 0 aliphatic rings. The molecule has 0 radical (unpaired) electrons. The van der Waals surface area contributed by atoms with Crippen LogP contribution in [0.3, 0.4) is 0 Å². The summed E-state index contributed by atoms with van der Waals surface area (Å²) in [6.07, 6.45) is -3.47. The van der Waals surface area contributed by atoms with Gasteiger partial charge in [-0.25, -0.2) is 0 Å². The number of ether oxygens (including phenoxy) is 1. The summed E-state index contributed by atoms with van der Waals surface area (Å²) in [6.45, 7) is 8.25. The average Bonchev–Trinajstić information content (AvgIpc) is 2.19. The maximum atomic E-state index is 11.6. The van der Waals surface area contributed by atoms with E-state index in [1.54, 1.807) is 0 Å². The molecule has 0 fully saturated rings. The van der Waals surface area contributed by atoms with Crippen LogP contribution in [0.15, 0.2) is 18.2 Å². The largest absolute Gasteiger partial charge is 0.574 e. The number of nitrogens with two attached hydrogens (primary N) is 1. The highest BCUT2D eigenvalue weighted by Gasteiger charge is 2.31. The van der Waals surface area contributed by atoms with Gasteiger partial charge in [0.25, 0.3) is 0 Å². The number of hydrogen-bond donors (Lipinski definition) is 1. The van der Waals surface area contributed by atoms with E-state index in [9.17, 15) is 13.2 Å². The highest BCUT2D eigenvalue weighted by molar-refractivity contribution is 5.31. The van der Waals surface area contributed by atoms with Crippen LogP contribution >= 0.6 is 0 Å². The molecule has 17 heavy (non-hydrogen) atoms. The zero-order valence-electron chi connectivity index (χ0n) is 10.5. The first-order chi connectivity index (χ1) is 7.89. The highest BCUT2D eigenvalue weighted by atomic mass is 19.4. The molecule has 0 bridgehead atoms. The summed E-state index contributed by atoms with van der Waals surface area (Å²) < 4.78 is 38.2. The normalized spacial score (nSPS) is 9.35. The van der Waals surface area contributed by atoms with Gasteiger partial charge in [0.2, 0.25) is 5.88 Å². The van der Waals surface area contributed by atoms with Crippen molar-refractivity contribution >= 4 is 5.82 Å². The van der Waals surface area contributed by atoms with Gasteiger partial charge in [0.05, 0.1) is 0 Å². The van der Waals surface area contributed by atoms with Crippen LogP contribution in [0.5, 0.6) is 5.88 Å². The fourth-order valence-electron chi connectivity index (χ4n) is 0.606. The van der Waals surface area contributed by atoms with Crippen molar-refractivity contribution in [3.8, 4) is 5.88 Å². The van der Waals surface area contributed by atoms with Crippen molar-refractivity contribution in [2.75, 3.05) is 5.73 Å². The molecule has 1 heterocycles. The summed E-state index contributed by atoms with van der Waals surface area (Å²) in [7, 11) is 0. The van der Waals surface area contributed by atoms with E-state index in [4.69, 9.17) is 5.73 Å². The summed E-state index contributed by atoms with van der Waals surface area (Å²) in [5, 5.41) is 0. The Bertz CT molecular complexity index is 290. The van der Waals surface area contributed by atoms with Gasteiger partial charge in [-0.15, -0.1) is 13.2 Å². The zero-order chi connectivity index (χ0) is 13.9. The molecular formula is C11H19F3N2O. The lowest BCUT2D eigenvalue weighted by Gasteiger charge is -2.07. The molecule has 0 aliphatic carbocycles. The summed E-state index contributed by atoms with van der Waals surface area (Å²) in [5.74, 6) is -0.570. The molecule has 0 saturated carbocycles. The predicted octanol–water partition coefficient (Wildman–Crippen LogP) is 4.00. The van der Waals surface area contributed by atoms with Crippen molar-refractivity contribution in [1.82, 2.24) is 4.98 Å². The number of nitrogen functional groups attached to an aromatic ring is 1. The van der Waals surface area contributed by atoms with Crippen molar-refractivity contribution in [1.29, 1.82) is 0 Å². The molecule has 0 spiro atoms. The maximum absolute atomic E-state index is 11.6. The van der Waals surface area contributed by atoms with Gasteiger partial charge in [0, 0.05) is 6.07 Å². The molecule has 1 aromatic rings. The Morgan fingerprint density at radius 3 is 2.06 bits per heavy atom. The standard InChI is InChI=1S/C6H5F3N2O.C3H8.C2H6/c7-6(8,9)12-5-3-1-2-4(10)11-5;1-3-2;1-2/h1-3H,(H2,10,11);3H2,1-2H3;1-2H3. The lowest BCUT2D eigenvalue weighted by Crippen LogP contribution is -2.18. The van der Waals surface area contributed by atoms with Crippen LogP contribution in [-0.4, -0.2) is 11.3 Å². The minimum Gasteiger partial charge on any atom is -0.388 e. The number of halogens is 3. The van der Waals surface area contributed by atoms with E-state index >= 15 is 0 Å². The van der Waals surface area contributed by atoms with Gasteiger partial charge in [-0.3, -0.25) is 0 Å². The van der Waals surface area contributed by atoms with Crippen molar-refractivity contribution in [2.45, 2.75) is 40.5 Å². The number of hydrogen-bond acceptors (Lipinski definition) is 3. The van der Waals surface area contributed by atoms with Crippen LogP contribution < -0.4 is 10.5 Å². The minimum atomic E-state index is -4.72. The van der Waals surface area contributed by atoms with Crippen LogP contribution in [0.4, 0.5) is 19.0 Å². The molecule has 2 N–H and O–H groups in total. The first kappa shape index (κ1) is 17.9. The molecule has 100 valence electrons. The second-order valence-electron chi connectivity index (χ2n) is 2.66. The monoisotopic (exact) mass is 252 g/mol. The fourth-order valence-corrected chi connectivity index (χ4v) is 0.606. The number of pyridine rings is 1. The zero-order valence-corrected chi connectivity index (χ0v) is 10.5. The number of rotatable bonds is 1. The van der Waals surface area contributed by atoms with Crippen LogP contribution in [0, 0.1) is 0 Å². The summed E-state index contributed by atoms with van der Waals surface area (Å²) in [4.78, 5) is 3.29. The van der Waals surface area contributed by atoms with Gasteiger partial charge in [-0.2, -0.15) is 4.98 Å². The average molecular weight is 252 g/mol. The van der Waals surface area contributed by atoms with Gasteiger partial charge in [-0.05, 0) is 6.07 Å². The third-order valence-electron chi connectivity index (χ3n) is 0.965. The quantitative estimate of drug-likeness (QED) is 0.821. The van der Waals surface area contributed by atoms with Gasteiger partial charge in [-0.1, -0.05) is 40.2 Å². The lowest BCUT2D eigenvalue weighted by molar-refractivity contribution is -0.276. The van der Waals surface area contributed by atoms with Crippen LogP contribution in [0.2, 0.25) is 0 Å². The molecule has 1 rings (SSSR count). The second-order valence-corrected chi connectivity index (χ2v) is 2.66. The molecule has 6 heteroatoms. The lowest BCUT2D eigenvalue weighted by atomic mass is 10.4. The topological polar surface area (TPSA) is 48.1 Å². The summed E-state index contributed by atoms with van der Waals surface area (Å²) >= 11 is 0. The number of anilines is 1. The van der Waals surface area contributed by atoms with Crippen molar-refractivity contribution in [2.24, 2.45) is 0 Å². The number of aromatic nitrogens is 1. The van der Waals surface area contributed by atoms with Gasteiger partial charge in [0.1, 0.15) is 5.82 Å². The molecule has 0 unspecified atom stereocenters. The molecule has 0 aliphatic heterocycles. The van der Waals surface area contributed by atoms with Gasteiger partial charge >= 0.3 is 6.36 Å². The van der Waals surface area contributed by atoms with Gasteiger partial charge in [0.15, 0.2) is 0 Å². The Balaban J connectivity index is 0. The predicted molar refractivity (Wildman–Crippen MR) is 62.6 cm³/mol. The van der Waals surface area contributed by atoms with E-state index in [1.807, 2.05) is 13.8 Å². The molecule has 0 atom stereocenters. The Labute approximate surface area is 99.8 Å². The fraction of sp³-hybridized carbons (Fsp3) is 0.545. The van der Waals surface area contributed by atoms with Crippen molar-refractivity contribution < 1.29 is 17.9 Å². The Kier molecular flexibility index (Phi) is 10.3. The molecular weight excluding hydrogens is 233 g/mol. The van der Waals surface area contributed by atoms with E-state index in [0.717, 1.165) is 6.07 Å². The van der Waals surface area contributed by atoms with Crippen LogP contribution in [0.25, 0.3) is 0 Å². The smallest absolute Gasteiger partial charge is 0.388 e. The maximum Gasteiger partial charge on any atom is 0.574 e. The van der Waals surface area contributed by atoms with Crippen molar-refractivity contribution in [3.63, 3.8) is 0 Å². The van der Waals surface area contributed by atoms with E-state index in [0.29, 0.717) is 0 Å². The highest BCUT2D eigenvalue weighted by Crippen LogP contribution is 2.20. The second kappa shape index (κ2) is 9.74. The molecule has 1 aromatic heterocycles. The van der Waals surface area contributed by atoms with E-state index in [2.05, 4.69) is 23.6 Å².